The van der Waals surface area contributed by atoms with Crippen LogP contribution in [0.25, 0.3) is 0 Å². The molecule has 0 aromatic rings. The van der Waals surface area contributed by atoms with Crippen LogP contribution >= 0.6 is 0 Å². The Morgan fingerprint density at radius 3 is 1.27 bits per heavy atom. The third-order valence-electron chi connectivity index (χ3n) is 4.51. The number of hydrogen-bond donors (Lipinski definition) is 2. The molecule has 0 aliphatic heterocycles. The van der Waals surface area contributed by atoms with Gasteiger partial charge in [0.15, 0.2) is 0 Å². The molecule has 134 valence electrons. The summed E-state index contributed by atoms with van der Waals surface area (Å²) in [4.78, 5) is 0. The van der Waals surface area contributed by atoms with Crippen molar-refractivity contribution in [2.75, 3.05) is 19.6 Å². The van der Waals surface area contributed by atoms with E-state index in [1.165, 1.54) is 103 Å². The van der Waals surface area contributed by atoms with Crippen LogP contribution in [-0.4, -0.2) is 19.6 Å². The van der Waals surface area contributed by atoms with E-state index in [0.717, 1.165) is 19.5 Å². The second-order valence-electron chi connectivity index (χ2n) is 6.84. The van der Waals surface area contributed by atoms with E-state index in [1.807, 2.05) is 0 Å². The molecule has 22 heavy (non-hydrogen) atoms. The maximum atomic E-state index is 5.47. The minimum atomic E-state index is 0.834. The molecule has 0 spiro atoms. The van der Waals surface area contributed by atoms with Crippen LogP contribution in [0.15, 0.2) is 0 Å². The normalized spacial score (nSPS) is 11.2. The first-order valence-corrected chi connectivity index (χ1v) is 10.3. The summed E-state index contributed by atoms with van der Waals surface area (Å²) >= 11 is 0. The van der Waals surface area contributed by atoms with Gasteiger partial charge in [-0.1, -0.05) is 90.4 Å². The van der Waals surface area contributed by atoms with Crippen molar-refractivity contribution in [3.63, 3.8) is 0 Å². The van der Waals surface area contributed by atoms with Crippen LogP contribution in [0.2, 0.25) is 0 Å². The van der Waals surface area contributed by atoms with Gasteiger partial charge in [-0.2, -0.15) is 0 Å². The van der Waals surface area contributed by atoms with Crippen LogP contribution in [0.1, 0.15) is 110 Å². The number of nitrogens with two attached hydrogens (primary N) is 1. The molecule has 0 fully saturated rings. The van der Waals surface area contributed by atoms with Crippen molar-refractivity contribution in [1.29, 1.82) is 0 Å². The quantitative estimate of drug-likeness (QED) is 0.296. The van der Waals surface area contributed by atoms with Gasteiger partial charge in [-0.15, -0.1) is 0 Å². The molecular formula is C20H44N2. The summed E-state index contributed by atoms with van der Waals surface area (Å²) in [5.41, 5.74) is 5.47. The maximum Gasteiger partial charge on any atom is -0.00484 e. The number of nitrogens with one attached hydrogen (secondary N) is 1. The van der Waals surface area contributed by atoms with Crippen molar-refractivity contribution in [2.24, 2.45) is 5.73 Å². The topological polar surface area (TPSA) is 38.0 Å². The lowest BCUT2D eigenvalue weighted by Gasteiger charge is -2.05. The lowest BCUT2D eigenvalue weighted by Crippen LogP contribution is -2.17. The highest BCUT2D eigenvalue weighted by molar-refractivity contribution is 4.52. The molecule has 0 radical (unpaired) electrons. The summed E-state index contributed by atoms with van der Waals surface area (Å²) in [6, 6.07) is 0. The van der Waals surface area contributed by atoms with Crippen molar-refractivity contribution in [3.05, 3.63) is 0 Å². The smallest absolute Gasteiger partial charge is 0.00484 e. The molecule has 0 unspecified atom stereocenters. The Labute approximate surface area is 141 Å². The predicted molar refractivity (Wildman–Crippen MR) is 101 cm³/mol. The van der Waals surface area contributed by atoms with Gasteiger partial charge in [0.2, 0.25) is 0 Å². The molecule has 0 saturated heterocycles. The van der Waals surface area contributed by atoms with E-state index >= 15 is 0 Å². The van der Waals surface area contributed by atoms with Gasteiger partial charge in [-0.3, -0.25) is 0 Å². The van der Waals surface area contributed by atoms with E-state index in [4.69, 9.17) is 5.73 Å². The predicted octanol–water partition coefficient (Wildman–Crippen LogP) is 5.80. The number of rotatable bonds is 19. The van der Waals surface area contributed by atoms with Crippen molar-refractivity contribution < 1.29 is 0 Å². The van der Waals surface area contributed by atoms with E-state index in [9.17, 15) is 0 Å². The minimum Gasteiger partial charge on any atom is -0.330 e. The first kappa shape index (κ1) is 21.9. The molecule has 0 aliphatic rings. The van der Waals surface area contributed by atoms with Crippen molar-refractivity contribution in [2.45, 2.75) is 110 Å². The van der Waals surface area contributed by atoms with E-state index < -0.39 is 0 Å². The SMILES string of the molecule is CCCCCCCCCCCCCCCCNCCCCN. The molecule has 0 amide bonds. The third kappa shape index (κ3) is 19.9. The van der Waals surface area contributed by atoms with Gasteiger partial charge in [0.25, 0.3) is 0 Å². The van der Waals surface area contributed by atoms with Gasteiger partial charge >= 0.3 is 0 Å². The molecule has 3 N–H and O–H groups in total. The van der Waals surface area contributed by atoms with Gasteiger partial charge in [-0.05, 0) is 38.9 Å². The largest absolute Gasteiger partial charge is 0.330 e. The molecule has 0 bridgehead atoms. The highest BCUT2D eigenvalue weighted by atomic mass is 14.8. The molecule has 0 aromatic heterocycles. The molecule has 0 saturated carbocycles. The summed E-state index contributed by atoms with van der Waals surface area (Å²) in [7, 11) is 0. The molecule has 0 aliphatic carbocycles. The zero-order chi connectivity index (χ0) is 16.1. The Morgan fingerprint density at radius 2 is 0.864 bits per heavy atom. The average Bonchev–Trinajstić information content (AvgIpc) is 2.54. The minimum absolute atomic E-state index is 0.834. The molecule has 0 atom stereocenters. The molecule has 0 heterocycles. The van der Waals surface area contributed by atoms with Crippen molar-refractivity contribution in [1.82, 2.24) is 5.32 Å². The first-order valence-electron chi connectivity index (χ1n) is 10.3. The van der Waals surface area contributed by atoms with E-state index in [1.54, 1.807) is 0 Å². The fourth-order valence-electron chi connectivity index (χ4n) is 2.96. The highest BCUT2D eigenvalue weighted by Gasteiger charge is 1.94. The Balaban J connectivity index is 2.91. The molecule has 2 nitrogen and oxygen atoms in total. The molecule has 0 rings (SSSR count). The van der Waals surface area contributed by atoms with E-state index in [2.05, 4.69) is 12.2 Å². The van der Waals surface area contributed by atoms with Gasteiger partial charge in [-0.25, -0.2) is 0 Å². The maximum absolute atomic E-state index is 5.47. The molecular weight excluding hydrogens is 268 g/mol. The van der Waals surface area contributed by atoms with E-state index in [-0.39, 0.29) is 0 Å². The Hall–Kier alpha value is -0.0800. The second kappa shape index (κ2) is 20.9. The monoisotopic (exact) mass is 312 g/mol. The Morgan fingerprint density at radius 1 is 0.500 bits per heavy atom. The van der Waals surface area contributed by atoms with Crippen LogP contribution in [0.4, 0.5) is 0 Å². The van der Waals surface area contributed by atoms with Gasteiger partial charge in [0.1, 0.15) is 0 Å². The third-order valence-corrected chi connectivity index (χ3v) is 4.51. The second-order valence-corrected chi connectivity index (χ2v) is 6.84. The van der Waals surface area contributed by atoms with Crippen LogP contribution in [0.3, 0.4) is 0 Å². The fraction of sp³-hybridized carbons (Fsp3) is 1.00. The summed E-state index contributed by atoms with van der Waals surface area (Å²) in [6.45, 7) is 5.47. The van der Waals surface area contributed by atoms with Crippen LogP contribution in [-0.2, 0) is 0 Å². The van der Waals surface area contributed by atoms with Gasteiger partial charge in [0, 0.05) is 0 Å². The summed E-state index contributed by atoms with van der Waals surface area (Å²) < 4.78 is 0. The average molecular weight is 313 g/mol. The van der Waals surface area contributed by atoms with Gasteiger partial charge in [0.05, 0.1) is 0 Å². The zero-order valence-electron chi connectivity index (χ0n) is 15.5. The van der Waals surface area contributed by atoms with E-state index in [0.29, 0.717) is 0 Å². The van der Waals surface area contributed by atoms with Crippen molar-refractivity contribution in [3.8, 4) is 0 Å². The summed E-state index contributed by atoms with van der Waals surface area (Å²) in [5, 5.41) is 3.51. The highest BCUT2D eigenvalue weighted by Crippen LogP contribution is 2.12. The Kier molecular flexibility index (Phi) is 20.8. The summed E-state index contributed by atoms with van der Waals surface area (Å²) in [5.74, 6) is 0. The number of hydrogen-bond acceptors (Lipinski definition) is 2. The lowest BCUT2D eigenvalue weighted by molar-refractivity contribution is 0.527. The fourth-order valence-corrected chi connectivity index (χ4v) is 2.96. The standard InChI is InChI=1S/C20H44N2/c1-2-3-4-5-6-7-8-9-10-11-12-13-14-16-19-22-20-17-15-18-21/h22H,2-21H2,1H3. The Bertz CT molecular complexity index is 163. The lowest BCUT2D eigenvalue weighted by atomic mass is 10.0. The zero-order valence-corrected chi connectivity index (χ0v) is 15.5. The first-order chi connectivity index (χ1) is 10.9. The van der Waals surface area contributed by atoms with Crippen LogP contribution in [0, 0.1) is 0 Å². The van der Waals surface area contributed by atoms with Crippen molar-refractivity contribution >= 4 is 0 Å². The molecule has 0 aromatic carbocycles. The molecule has 2 heteroatoms. The van der Waals surface area contributed by atoms with Gasteiger partial charge < -0.3 is 11.1 Å². The van der Waals surface area contributed by atoms with Crippen LogP contribution < -0.4 is 11.1 Å². The van der Waals surface area contributed by atoms with Crippen LogP contribution in [0.5, 0.6) is 0 Å². The summed E-state index contributed by atoms with van der Waals surface area (Å²) in [6.07, 6.45) is 22.5. The number of unbranched alkanes of at least 4 members (excludes halogenated alkanes) is 14.